The first-order chi connectivity index (χ1) is 3.12. The fraction of sp³-hybridized carbons (Fsp3) is 1.00. The number of hydrogen-bond donors (Lipinski definition) is 2. The van der Waals surface area contributed by atoms with Crippen LogP contribution in [0, 0.1) is 0 Å². The van der Waals surface area contributed by atoms with Crippen LogP contribution < -0.4 is 5.90 Å². The minimum atomic E-state index is -1.08. The molecule has 0 bridgehead atoms. The molecule has 0 aromatic rings. The Morgan fingerprint density at radius 3 is 2.14 bits per heavy atom. The van der Waals surface area contributed by atoms with Gasteiger partial charge in [-0.25, -0.2) is 0 Å². The predicted octanol–water partition coefficient (Wildman–Crippen LogP) is -0.811. The van der Waals surface area contributed by atoms with Crippen LogP contribution >= 0.6 is 0 Å². The van der Waals surface area contributed by atoms with Gasteiger partial charge in [0.05, 0.1) is 0 Å². The summed E-state index contributed by atoms with van der Waals surface area (Å²) in [5, 5.41) is 8.50. The van der Waals surface area contributed by atoms with Gasteiger partial charge in [-0.05, 0) is 4.94 Å². The van der Waals surface area contributed by atoms with Crippen molar-refractivity contribution < 1.29 is 20.0 Å². The summed E-state index contributed by atoms with van der Waals surface area (Å²) in [7, 11) is 2.48. The summed E-state index contributed by atoms with van der Waals surface area (Å²) in [5.41, 5.74) is 0. The average Bonchev–Trinajstić information content (AvgIpc) is 1.68. The standard InChI is InChI=1S/C2H9N2O3/c1-4(5,6-2)7-3/h5H,3H2,1-2H3/q+1. The van der Waals surface area contributed by atoms with E-state index in [2.05, 4.69) is 15.7 Å². The van der Waals surface area contributed by atoms with Crippen LogP contribution in [0.3, 0.4) is 0 Å². The molecular formula is C2H9N2O3+. The van der Waals surface area contributed by atoms with Crippen LogP contribution in [-0.4, -0.2) is 24.3 Å². The van der Waals surface area contributed by atoms with Crippen LogP contribution in [0.1, 0.15) is 0 Å². The molecule has 0 fully saturated rings. The topological polar surface area (TPSA) is 64.7 Å². The maximum atomic E-state index is 8.50. The van der Waals surface area contributed by atoms with Crippen molar-refractivity contribution in [3.8, 4) is 0 Å². The Morgan fingerprint density at radius 1 is 1.71 bits per heavy atom. The van der Waals surface area contributed by atoms with Crippen molar-refractivity contribution >= 4 is 0 Å². The summed E-state index contributed by atoms with van der Waals surface area (Å²) in [6, 6.07) is 0. The highest BCUT2D eigenvalue weighted by atomic mass is 17.2. The highest BCUT2D eigenvalue weighted by molar-refractivity contribution is 3.51. The molecule has 7 heavy (non-hydrogen) atoms. The van der Waals surface area contributed by atoms with E-state index in [9.17, 15) is 0 Å². The lowest BCUT2D eigenvalue weighted by Crippen LogP contribution is -2.41. The number of rotatable bonds is 2. The monoisotopic (exact) mass is 109 g/mol. The van der Waals surface area contributed by atoms with Crippen molar-refractivity contribution in [2.24, 2.45) is 5.90 Å². The van der Waals surface area contributed by atoms with Gasteiger partial charge in [0.2, 0.25) is 0 Å². The maximum absolute atomic E-state index is 8.50. The molecule has 0 saturated carbocycles. The van der Waals surface area contributed by atoms with Crippen LogP contribution in [-0.2, 0) is 9.78 Å². The smallest absolute Gasteiger partial charge is 0.153 e. The Labute approximate surface area is 41.3 Å². The van der Waals surface area contributed by atoms with Gasteiger partial charge in [0.15, 0.2) is 7.05 Å². The summed E-state index contributed by atoms with van der Waals surface area (Å²) in [5.74, 6) is 4.51. The van der Waals surface area contributed by atoms with E-state index in [1.165, 1.54) is 14.2 Å². The molecule has 0 amide bonds. The molecule has 5 nitrogen and oxygen atoms in total. The summed E-state index contributed by atoms with van der Waals surface area (Å²) < 4.78 is 0. The minimum absolute atomic E-state index is 1.08. The second-order valence-electron chi connectivity index (χ2n) is 1.09. The van der Waals surface area contributed by atoms with E-state index in [0.717, 1.165) is 0 Å². The lowest BCUT2D eigenvalue weighted by atomic mass is 11.4. The Bertz CT molecular complexity index is 48.9. The van der Waals surface area contributed by atoms with Gasteiger partial charge in [0.1, 0.15) is 12.1 Å². The fourth-order valence-corrected chi connectivity index (χ4v) is 0.0430. The molecule has 1 unspecified atom stereocenters. The third kappa shape index (κ3) is 2.49. The predicted molar refractivity (Wildman–Crippen MR) is 20.3 cm³/mol. The SMILES string of the molecule is CO[N+](C)(O)ON. The van der Waals surface area contributed by atoms with Gasteiger partial charge in [-0.2, -0.15) is 5.90 Å². The molecule has 44 valence electrons. The Morgan fingerprint density at radius 2 is 2.14 bits per heavy atom. The number of hydrogen-bond acceptors (Lipinski definition) is 4. The quantitative estimate of drug-likeness (QED) is 0.359. The molecule has 0 aliphatic carbocycles. The first-order valence-electron chi connectivity index (χ1n) is 1.66. The summed E-state index contributed by atoms with van der Waals surface area (Å²) in [6.45, 7) is 0. The van der Waals surface area contributed by atoms with Crippen LogP contribution in [0.5, 0.6) is 0 Å². The van der Waals surface area contributed by atoms with E-state index in [0.29, 0.717) is 0 Å². The molecule has 5 heteroatoms. The zero-order valence-electron chi connectivity index (χ0n) is 4.29. The van der Waals surface area contributed by atoms with E-state index in [1.807, 2.05) is 0 Å². The van der Waals surface area contributed by atoms with Gasteiger partial charge in [0, 0.05) is 0 Å². The van der Waals surface area contributed by atoms with Crippen LogP contribution in [0.4, 0.5) is 0 Å². The molecule has 0 rings (SSSR count). The minimum Gasteiger partial charge on any atom is -0.153 e. The first kappa shape index (κ1) is 6.80. The number of hydroxylamine groups is 3. The van der Waals surface area contributed by atoms with Crippen molar-refractivity contribution in [1.82, 2.24) is 0 Å². The lowest BCUT2D eigenvalue weighted by molar-refractivity contribution is -1.36. The Kier molecular flexibility index (Phi) is 2.13. The molecule has 3 N–H and O–H groups in total. The summed E-state index contributed by atoms with van der Waals surface area (Å²) in [6.07, 6.45) is 0. The molecule has 0 aliphatic heterocycles. The van der Waals surface area contributed by atoms with Gasteiger partial charge in [-0.1, -0.05) is 0 Å². The zero-order valence-corrected chi connectivity index (χ0v) is 4.29. The zero-order chi connectivity index (χ0) is 5.91. The Hall–Kier alpha value is -0.200. The summed E-state index contributed by atoms with van der Waals surface area (Å²) in [4.78, 5) is 7.01. The molecule has 0 aromatic heterocycles. The van der Waals surface area contributed by atoms with Crippen molar-refractivity contribution in [2.45, 2.75) is 0 Å². The van der Waals surface area contributed by atoms with Gasteiger partial charge >= 0.3 is 0 Å². The molecule has 0 radical (unpaired) electrons. The van der Waals surface area contributed by atoms with Crippen LogP contribution in [0.15, 0.2) is 0 Å². The second kappa shape index (κ2) is 2.20. The van der Waals surface area contributed by atoms with E-state index < -0.39 is 4.97 Å². The van der Waals surface area contributed by atoms with Gasteiger partial charge in [-0.15, -0.1) is 10.0 Å². The largest absolute Gasteiger partial charge is 0.170 e. The number of nitrogens with zero attached hydrogens (tertiary/aromatic N) is 1. The van der Waals surface area contributed by atoms with E-state index in [1.54, 1.807) is 0 Å². The first-order valence-corrected chi connectivity index (χ1v) is 1.66. The van der Waals surface area contributed by atoms with Gasteiger partial charge in [0.25, 0.3) is 0 Å². The molecule has 0 saturated heterocycles. The van der Waals surface area contributed by atoms with Gasteiger partial charge in [-0.3, -0.25) is 0 Å². The van der Waals surface area contributed by atoms with Crippen molar-refractivity contribution in [2.75, 3.05) is 14.2 Å². The normalized spacial score (nSPS) is 18.9. The van der Waals surface area contributed by atoms with E-state index >= 15 is 0 Å². The number of quaternary nitrogens is 1. The molecular weight excluding hydrogens is 100 g/mol. The number of nitrogens with two attached hydrogens (primary N) is 1. The second-order valence-corrected chi connectivity index (χ2v) is 1.09. The fourth-order valence-electron chi connectivity index (χ4n) is 0.0430. The lowest BCUT2D eigenvalue weighted by Gasteiger charge is -2.12. The Balaban J connectivity index is 3.36. The maximum Gasteiger partial charge on any atom is 0.170 e. The molecule has 0 heterocycles. The van der Waals surface area contributed by atoms with Crippen molar-refractivity contribution in [3.63, 3.8) is 0 Å². The highest BCUT2D eigenvalue weighted by Crippen LogP contribution is 1.89. The van der Waals surface area contributed by atoms with E-state index in [-0.39, 0.29) is 0 Å². The third-order valence-electron chi connectivity index (χ3n) is 0.534. The van der Waals surface area contributed by atoms with E-state index in [4.69, 9.17) is 5.21 Å². The average molecular weight is 109 g/mol. The highest BCUT2D eigenvalue weighted by Gasteiger charge is 2.16. The van der Waals surface area contributed by atoms with Gasteiger partial charge < -0.3 is 0 Å². The van der Waals surface area contributed by atoms with Crippen molar-refractivity contribution in [1.29, 1.82) is 0 Å². The van der Waals surface area contributed by atoms with Crippen molar-refractivity contribution in [3.05, 3.63) is 0 Å². The van der Waals surface area contributed by atoms with Crippen LogP contribution in [0.25, 0.3) is 0 Å². The van der Waals surface area contributed by atoms with Crippen LogP contribution in [0.2, 0.25) is 0 Å². The summed E-state index contributed by atoms with van der Waals surface area (Å²) >= 11 is 0. The molecule has 0 spiro atoms. The molecule has 1 atom stereocenters. The molecule has 0 aromatic carbocycles. The third-order valence-corrected chi connectivity index (χ3v) is 0.534. The molecule has 0 aliphatic rings.